The van der Waals surface area contributed by atoms with Gasteiger partial charge in [0.25, 0.3) is 0 Å². The summed E-state index contributed by atoms with van der Waals surface area (Å²) in [5.41, 5.74) is 1.40. The molecule has 2 N–H and O–H groups in total. The number of fused-ring (bicyclic) bond motifs is 1. The van der Waals surface area contributed by atoms with Gasteiger partial charge in [0.1, 0.15) is 11.4 Å². The summed E-state index contributed by atoms with van der Waals surface area (Å²) >= 11 is 1.92. The van der Waals surface area contributed by atoms with Crippen molar-refractivity contribution < 1.29 is 9.84 Å². The number of aliphatic hydroxyl groups excluding tert-OH is 1. The minimum Gasteiger partial charge on any atom is -0.487 e. The molecule has 1 heterocycles. The Bertz CT molecular complexity index is 474. The van der Waals surface area contributed by atoms with E-state index in [0.717, 1.165) is 36.6 Å². The summed E-state index contributed by atoms with van der Waals surface area (Å²) < 4.78 is 6.40. The number of hydrogen-bond donors (Lipinski definition) is 2. The van der Waals surface area contributed by atoms with E-state index >= 15 is 0 Å². The van der Waals surface area contributed by atoms with Crippen molar-refractivity contribution in [3.05, 3.63) is 29.8 Å². The Hall–Kier alpha value is -0.710. The van der Waals surface area contributed by atoms with Gasteiger partial charge < -0.3 is 15.2 Å². The fraction of sp³-hybridized carbons (Fsp3) is 0.667. The number of benzene rings is 1. The predicted molar refractivity (Wildman–Crippen MR) is 92.7 cm³/mol. The maximum absolute atomic E-state index is 8.81. The second-order valence-electron chi connectivity index (χ2n) is 6.43. The van der Waals surface area contributed by atoms with Crippen molar-refractivity contribution >= 4 is 11.8 Å². The van der Waals surface area contributed by atoms with Gasteiger partial charge in [-0.15, -0.1) is 0 Å². The molecule has 1 unspecified atom stereocenters. The molecule has 2 aliphatic rings. The quantitative estimate of drug-likeness (QED) is 0.754. The Morgan fingerprint density at radius 3 is 2.86 bits per heavy atom. The monoisotopic (exact) mass is 321 g/mol. The Morgan fingerprint density at radius 2 is 2.05 bits per heavy atom. The van der Waals surface area contributed by atoms with Crippen LogP contribution in [-0.4, -0.2) is 35.4 Å². The highest BCUT2D eigenvalue weighted by Gasteiger charge is 2.42. The number of rotatable bonds is 7. The van der Waals surface area contributed by atoms with Crippen LogP contribution in [0.5, 0.6) is 5.75 Å². The van der Waals surface area contributed by atoms with Crippen LogP contribution in [-0.2, 0) is 0 Å². The molecule has 1 fully saturated rings. The second-order valence-corrected chi connectivity index (χ2v) is 7.66. The molecule has 3 rings (SSSR count). The zero-order chi connectivity index (χ0) is 15.3. The summed E-state index contributed by atoms with van der Waals surface area (Å²) in [4.78, 5) is 0. The molecule has 1 aliphatic carbocycles. The summed E-state index contributed by atoms with van der Waals surface area (Å²) in [6.45, 7) is 1.32. The van der Waals surface area contributed by atoms with E-state index in [4.69, 9.17) is 9.84 Å². The maximum Gasteiger partial charge on any atom is 0.124 e. The first-order valence-electron chi connectivity index (χ1n) is 8.53. The van der Waals surface area contributed by atoms with Crippen molar-refractivity contribution in [1.29, 1.82) is 0 Å². The lowest BCUT2D eigenvalue weighted by Crippen LogP contribution is -2.42. The Morgan fingerprint density at radius 1 is 1.23 bits per heavy atom. The largest absolute Gasteiger partial charge is 0.487 e. The van der Waals surface area contributed by atoms with Crippen LogP contribution in [0.2, 0.25) is 0 Å². The summed E-state index contributed by atoms with van der Waals surface area (Å²) in [5, 5.41) is 12.6. The van der Waals surface area contributed by atoms with E-state index in [-0.39, 0.29) is 5.60 Å². The molecule has 1 aliphatic heterocycles. The molecule has 3 nitrogen and oxygen atoms in total. The highest BCUT2D eigenvalue weighted by atomic mass is 32.2. The highest BCUT2D eigenvalue weighted by Crippen LogP contribution is 2.46. The van der Waals surface area contributed by atoms with Gasteiger partial charge in [0.15, 0.2) is 0 Å². The van der Waals surface area contributed by atoms with E-state index < -0.39 is 0 Å². The van der Waals surface area contributed by atoms with Gasteiger partial charge in [-0.1, -0.05) is 18.2 Å². The molecule has 1 saturated carbocycles. The van der Waals surface area contributed by atoms with E-state index in [0.29, 0.717) is 12.6 Å². The van der Waals surface area contributed by atoms with Gasteiger partial charge in [-0.05, 0) is 43.9 Å². The smallest absolute Gasteiger partial charge is 0.124 e. The van der Waals surface area contributed by atoms with Crippen LogP contribution in [0, 0.1) is 0 Å². The highest BCUT2D eigenvalue weighted by molar-refractivity contribution is 7.99. The van der Waals surface area contributed by atoms with Crippen molar-refractivity contribution in [2.24, 2.45) is 0 Å². The fourth-order valence-electron chi connectivity index (χ4n) is 3.70. The lowest BCUT2D eigenvalue weighted by Gasteiger charge is -2.40. The van der Waals surface area contributed by atoms with Crippen molar-refractivity contribution in [1.82, 2.24) is 5.32 Å². The molecule has 1 aromatic rings. The maximum atomic E-state index is 8.81. The van der Waals surface area contributed by atoms with E-state index in [2.05, 4.69) is 29.6 Å². The normalized spacial score (nSPS) is 22.5. The average Bonchev–Trinajstić information content (AvgIpc) is 2.98. The van der Waals surface area contributed by atoms with Crippen LogP contribution in [0.1, 0.15) is 50.1 Å². The first-order chi connectivity index (χ1) is 10.8. The third-order valence-corrected chi connectivity index (χ3v) is 5.87. The van der Waals surface area contributed by atoms with Gasteiger partial charge in [-0.3, -0.25) is 0 Å². The van der Waals surface area contributed by atoms with Crippen LogP contribution in [0.15, 0.2) is 24.3 Å². The van der Waals surface area contributed by atoms with E-state index in [1.165, 1.54) is 31.2 Å². The van der Waals surface area contributed by atoms with Crippen molar-refractivity contribution in [3.63, 3.8) is 0 Å². The molecule has 0 saturated heterocycles. The van der Waals surface area contributed by atoms with E-state index in [1.54, 1.807) is 0 Å². The minimum atomic E-state index is 0.0794. The number of nitrogens with one attached hydrogen (secondary N) is 1. The van der Waals surface area contributed by atoms with E-state index in [1.807, 2.05) is 11.8 Å². The van der Waals surface area contributed by atoms with Gasteiger partial charge in [0.05, 0.1) is 0 Å². The molecule has 0 radical (unpaired) electrons. The van der Waals surface area contributed by atoms with Crippen LogP contribution in [0.4, 0.5) is 0 Å². The molecule has 22 heavy (non-hydrogen) atoms. The summed E-state index contributed by atoms with van der Waals surface area (Å²) in [6, 6.07) is 8.93. The number of thioether (sulfide) groups is 1. The molecule has 0 bridgehead atoms. The van der Waals surface area contributed by atoms with Crippen molar-refractivity contribution in [3.8, 4) is 5.75 Å². The Labute approximate surface area is 137 Å². The summed E-state index contributed by atoms with van der Waals surface area (Å²) in [5.74, 6) is 3.24. The van der Waals surface area contributed by atoms with Crippen LogP contribution >= 0.6 is 11.8 Å². The zero-order valence-electron chi connectivity index (χ0n) is 13.2. The first kappa shape index (κ1) is 16.2. The number of aliphatic hydroxyl groups is 1. The fourth-order valence-corrected chi connectivity index (χ4v) is 4.50. The minimum absolute atomic E-state index is 0.0794. The number of hydrogen-bond acceptors (Lipinski definition) is 4. The zero-order valence-corrected chi connectivity index (χ0v) is 14.0. The van der Waals surface area contributed by atoms with Crippen molar-refractivity contribution in [2.75, 3.05) is 24.7 Å². The number of para-hydroxylation sites is 1. The van der Waals surface area contributed by atoms with Crippen molar-refractivity contribution in [2.45, 2.75) is 50.2 Å². The van der Waals surface area contributed by atoms with Crippen LogP contribution in [0.25, 0.3) is 0 Å². The second kappa shape index (κ2) is 7.71. The lowest BCUT2D eigenvalue weighted by molar-refractivity contribution is 0.0371. The van der Waals surface area contributed by atoms with Gasteiger partial charge in [-0.2, -0.15) is 11.8 Å². The molecule has 4 heteroatoms. The van der Waals surface area contributed by atoms with Crippen LogP contribution < -0.4 is 10.1 Å². The summed E-state index contributed by atoms with van der Waals surface area (Å²) in [6.07, 6.45) is 6.99. The lowest BCUT2D eigenvalue weighted by atomic mass is 9.86. The summed E-state index contributed by atoms with van der Waals surface area (Å²) in [7, 11) is 0. The average molecular weight is 321 g/mol. The number of ether oxygens (including phenoxy) is 1. The van der Waals surface area contributed by atoms with Gasteiger partial charge in [-0.25, -0.2) is 0 Å². The Kier molecular flexibility index (Phi) is 5.66. The van der Waals surface area contributed by atoms with Gasteiger partial charge in [0.2, 0.25) is 0 Å². The molecule has 0 amide bonds. The topological polar surface area (TPSA) is 41.5 Å². The van der Waals surface area contributed by atoms with Gasteiger partial charge in [0, 0.05) is 36.9 Å². The standard InChI is InChI=1S/C18H27NO2S/c20-11-5-12-22-13-10-19-16-14-18(8-3-4-9-18)21-17-7-2-1-6-15(16)17/h1-2,6-7,16,19-20H,3-5,8-14H2. The molecule has 1 spiro atoms. The molecule has 0 aromatic heterocycles. The molecular weight excluding hydrogens is 294 g/mol. The molecular formula is C18H27NO2S. The first-order valence-corrected chi connectivity index (χ1v) is 9.68. The third-order valence-electron chi connectivity index (χ3n) is 4.80. The van der Waals surface area contributed by atoms with Gasteiger partial charge >= 0.3 is 0 Å². The molecule has 1 aromatic carbocycles. The van der Waals surface area contributed by atoms with Crippen LogP contribution in [0.3, 0.4) is 0 Å². The third kappa shape index (κ3) is 3.79. The Balaban J connectivity index is 1.59. The SMILES string of the molecule is OCCCSCCNC1CC2(CCCC2)Oc2ccccc21. The predicted octanol–water partition coefficient (Wildman–Crippen LogP) is 3.53. The molecule has 1 atom stereocenters. The molecule has 122 valence electrons. The van der Waals surface area contributed by atoms with E-state index in [9.17, 15) is 0 Å².